The van der Waals surface area contributed by atoms with Crippen molar-refractivity contribution in [2.75, 3.05) is 43.4 Å². The van der Waals surface area contributed by atoms with Crippen LogP contribution >= 0.6 is 0 Å². The van der Waals surface area contributed by atoms with Gasteiger partial charge in [-0.1, -0.05) is 6.58 Å². The summed E-state index contributed by atoms with van der Waals surface area (Å²) >= 11 is 0. The fourth-order valence-corrected chi connectivity index (χ4v) is 5.09. The topological polar surface area (TPSA) is 102 Å². The number of hydrogen-bond acceptors (Lipinski definition) is 7. The minimum atomic E-state index is 0.582. The number of piperazine rings is 1. The van der Waals surface area contributed by atoms with E-state index in [1.54, 1.807) is 0 Å². The van der Waals surface area contributed by atoms with E-state index in [9.17, 15) is 0 Å². The Morgan fingerprint density at radius 2 is 1.84 bits per heavy atom. The molecule has 186 valence electrons. The Morgan fingerprint density at radius 3 is 2.68 bits per heavy atom. The number of allylic oxidation sites excluding steroid dienone is 1. The van der Waals surface area contributed by atoms with Gasteiger partial charge in [0.1, 0.15) is 5.82 Å². The Kier molecular flexibility index (Phi) is 5.17. The van der Waals surface area contributed by atoms with Crippen molar-refractivity contribution in [3.05, 3.63) is 61.3 Å². The van der Waals surface area contributed by atoms with Gasteiger partial charge in [-0.15, -0.1) is 0 Å². The zero-order chi connectivity index (χ0) is 24.9. The summed E-state index contributed by atoms with van der Waals surface area (Å²) in [5.74, 6) is 1.61. The van der Waals surface area contributed by atoms with Crippen LogP contribution in [0, 0.1) is 5.92 Å². The van der Waals surface area contributed by atoms with Crippen LogP contribution in [0.25, 0.3) is 44.5 Å². The molecular weight excluding hydrogens is 462 g/mol. The van der Waals surface area contributed by atoms with E-state index in [1.807, 2.05) is 30.9 Å². The normalized spacial score (nSPS) is 16.5. The standard InChI is InChI=1S/C28H29N9/c1-17(18-3-4-18)32-21-11-19(14-29-16-21)20-12-23-26(34-35-27(23)31-15-20)25-13-22-24(33-25)5-6-30-28(22)37-9-7-36(2)8-10-37/h5-6,11-16,18,32-33H,1,3-4,7-10H2,2H3,(H,31,34,35). The first-order valence-electron chi connectivity index (χ1n) is 12.8. The van der Waals surface area contributed by atoms with Crippen molar-refractivity contribution in [2.45, 2.75) is 12.8 Å². The lowest BCUT2D eigenvalue weighted by atomic mass is 10.1. The highest BCUT2D eigenvalue weighted by Crippen LogP contribution is 2.37. The first-order valence-corrected chi connectivity index (χ1v) is 12.8. The van der Waals surface area contributed by atoms with Crippen molar-refractivity contribution >= 4 is 33.4 Å². The molecule has 0 amide bonds. The summed E-state index contributed by atoms with van der Waals surface area (Å²) < 4.78 is 0. The highest BCUT2D eigenvalue weighted by atomic mass is 15.3. The molecule has 2 fully saturated rings. The van der Waals surface area contributed by atoms with Gasteiger partial charge in [0.15, 0.2) is 5.65 Å². The van der Waals surface area contributed by atoms with Gasteiger partial charge < -0.3 is 20.1 Å². The van der Waals surface area contributed by atoms with Crippen LogP contribution in [0.3, 0.4) is 0 Å². The largest absolute Gasteiger partial charge is 0.358 e. The van der Waals surface area contributed by atoms with E-state index in [1.165, 1.54) is 12.8 Å². The number of nitrogens with zero attached hydrogens (tertiary/aromatic N) is 6. The van der Waals surface area contributed by atoms with E-state index in [2.05, 4.69) is 72.1 Å². The highest BCUT2D eigenvalue weighted by Gasteiger charge is 2.25. The third kappa shape index (κ3) is 4.11. The average molecular weight is 492 g/mol. The molecule has 3 N–H and O–H groups in total. The predicted octanol–water partition coefficient (Wildman–Crippen LogP) is 4.65. The first-order chi connectivity index (χ1) is 18.1. The lowest BCUT2D eigenvalue weighted by Gasteiger charge is -2.33. The fourth-order valence-electron chi connectivity index (χ4n) is 5.09. The number of pyridine rings is 3. The SMILES string of the molecule is C=C(Nc1cncc(-c2cnc3n[nH]c(-c4cc5c(N6CCN(C)CC6)nccc5[nH]4)c3c2)c1)C1CC1. The number of aromatic amines is 2. The minimum Gasteiger partial charge on any atom is -0.358 e. The summed E-state index contributed by atoms with van der Waals surface area (Å²) in [4.78, 5) is 22.1. The van der Waals surface area contributed by atoms with Crippen molar-refractivity contribution in [1.82, 2.24) is 35.0 Å². The molecule has 37 heavy (non-hydrogen) atoms. The number of H-pyrrole nitrogens is 2. The van der Waals surface area contributed by atoms with Crippen molar-refractivity contribution in [1.29, 1.82) is 0 Å². The summed E-state index contributed by atoms with van der Waals surface area (Å²) in [6.45, 7) is 8.19. The molecule has 2 aliphatic rings. The summed E-state index contributed by atoms with van der Waals surface area (Å²) in [5, 5.41) is 13.2. The van der Waals surface area contributed by atoms with Gasteiger partial charge >= 0.3 is 0 Å². The number of nitrogens with one attached hydrogen (secondary N) is 3. The second kappa shape index (κ2) is 8.70. The molecule has 5 aromatic heterocycles. The maximum atomic E-state index is 4.74. The second-order valence-electron chi connectivity index (χ2n) is 10.1. The van der Waals surface area contributed by atoms with Crippen LogP contribution in [0.4, 0.5) is 11.5 Å². The van der Waals surface area contributed by atoms with Gasteiger partial charge in [-0.05, 0) is 50.1 Å². The van der Waals surface area contributed by atoms with Crippen LogP contribution in [0.5, 0.6) is 0 Å². The highest BCUT2D eigenvalue weighted by molar-refractivity contribution is 5.99. The van der Waals surface area contributed by atoms with Crippen LogP contribution in [0.15, 0.2) is 61.3 Å². The van der Waals surface area contributed by atoms with Gasteiger partial charge in [0.05, 0.1) is 28.8 Å². The van der Waals surface area contributed by atoms with Crippen LogP contribution in [0.1, 0.15) is 12.8 Å². The predicted molar refractivity (Wildman–Crippen MR) is 147 cm³/mol. The Bertz CT molecular complexity index is 1620. The summed E-state index contributed by atoms with van der Waals surface area (Å²) in [7, 11) is 2.17. The van der Waals surface area contributed by atoms with Crippen LogP contribution < -0.4 is 10.2 Å². The molecule has 0 unspecified atom stereocenters. The Balaban J connectivity index is 1.24. The van der Waals surface area contributed by atoms with Crippen molar-refractivity contribution < 1.29 is 0 Å². The Hall–Kier alpha value is -4.24. The number of likely N-dealkylation sites (N-methyl/N-ethyl adjacent to an activating group) is 1. The Morgan fingerprint density at radius 1 is 1.00 bits per heavy atom. The van der Waals surface area contributed by atoms with Crippen molar-refractivity contribution in [3.8, 4) is 22.5 Å². The maximum Gasteiger partial charge on any atom is 0.181 e. The lowest BCUT2D eigenvalue weighted by molar-refractivity contribution is 0.312. The molecule has 1 saturated heterocycles. The zero-order valence-corrected chi connectivity index (χ0v) is 20.8. The molecule has 5 aromatic rings. The minimum absolute atomic E-state index is 0.582. The third-order valence-corrected chi connectivity index (χ3v) is 7.46. The quantitative estimate of drug-likeness (QED) is 0.318. The molecule has 1 aliphatic heterocycles. The fraction of sp³-hybridized carbons (Fsp3) is 0.286. The molecule has 9 nitrogen and oxygen atoms in total. The van der Waals surface area contributed by atoms with Crippen LogP contribution in [0.2, 0.25) is 0 Å². The molecule has 1 aliphatic carbocycles. The number of anilines is 2. The van der Waals surface area contributed by atoms with Gasteiger partial charge in [-0.3, -0.25) is 10.1 Å². The zero-order valence-electron chi connectivity index (χ0n) is 20.8. The molecule has 7 rings (SSSR count). The number of rotatable bonds is 6. The van der Waals surface area contributed by atoms with Crippen LogP contribution in [-0.4, -0.2) is 68.3 Å². The van der Waals surface area contributed by atoms with Gasteiger partial charge in [0, 0.05) is 72.4 Å². The molecule has 1 saturated carbocycles. The van der Waals surface area contributed by atoms with E-state index in [0.29, 0.717) is 11.6 Å². The Labute approximate surface area is 214 Å². The maximum absolute atomic E-state index is 4.74. The number of fused-ring (bicyclic) bond motifs is 2. The second-order valence-corrected chi connectivity index (χ2v) is 10.1. The smallest absolute Gasteiger partial charge is 0.181 e. The summed E-state index contributed by atoms with van der Waals surface area (Å²) in [6, 6.07) is 8.43. The molecule has 0 bridgehead atoms. The first kappa shape index (κ1) is 22.0. The third-order valence-electron chi connectivity index (χ3n) is 7.46. The molecule has 0 spiro atoms. The van der Waals surface area contributed by atoms with Crippen LogP contribution in [-0.2, 0) is 0 Å². The molecule has 6 heterocycles. The average Bonchev–Trinajstić information content (AvgIpc) is 3.55. The summed E-state index contributed by atoms with van der Waals surface area (Å²) in [5.41, 5.74) is 7.61. The van der Waals surface area contributed by atoms with Gasteiger partial charge in [-0.25, -0.2) is 9.97 Å². The number of aromatic nitrogens is 6. The number of hydrogen-bond donors (Lipinski definition) is 3. The van der Waals surface area contributed by atoms with Gasteiger partial charge in [-0.2, -0.15) is 5.10 Å². The van der Waals surface area contributed by atoms with E-state index in [0.717, 1.165) is 82.2 Å². The van der Waals surface area contributed by atoms with E-state index in [4.69, 9.17) is 4.98 Å². The molecule has 0 atom stereocenters. The van der Waals surface area contributed by atoms with E-state index < -0.39 is 0 Å². The van der Waals surface area contributed by atoms with E-state index in [-0.39, 0.29) is 0 Å². The molecule has 0 radical (unpaired) electrons. The molecular formula is C28H29N9. The van der Waals surface area contributed by atoms with Crippen molar-refractivity contribution in [3.63, 3.8) is 0 Å². The summed E-state index contributed by atoms with van der Waals surface area (Å²) in [6.07, 6.45) is 9.86. The van der Waals surface area contributed by atoms with Gasteiger partial charge in [0.2, 0.25) is 0 Å². The van der Waals surface area contributed by atoms with Crippen molar-refractivity contribution in [2.24, 2.45) is 5.92 Å². The van der Waals surface area contributed by atoms with Gasteiger partial charge in [0.25, 0.3) is 0 Å². The molecule has 9 heteroatoms. The monoisotopic (exact) mass is 491 g/mol. The lowest BCUT2D eigenvalue weighted by Crippen LogP contribution is -2.44. The van der Waals surface area contributed by atoms with E-state index >= 15 is 0 Å². The molecule has 0 aromatic carbocycles.